The van der Waals surface area contributed by atoms with Gasteiger partial charge >= 0.3 is 11.9 Å². The van der Waals surface area contributed by atoms with Crippen molar-refractivity contribution in [3.63, 3.8) is 0 Å². The fraction of sp³-hybridized carbons (Fsp3) is 0.381. The van der Waals surface area contributed by atoms with Gasteiger partial charge in [-0.3, -0.25) is 9.59 Å². The quantitative estimate of drug-likeness (QED) is 0.452. The van der Waals surface area contributed by atoms with Crippen LogP contribution in [0.15, 0.2) is 55.1 Å². The minimum Gasteiger partial charge on any atom is -0.466 e. The molecule has 1 aromatic carbocycles. The van der Waals surface area contributed by atoms with Crippen LogP contribution >= 0.6 is 0 Å². The van der Waals surface area contributed by atoms with Gasteiger partial charge in [-0.1, -0.05) is 30.4 Å². The summed E-state index contributed by atoms with van der Waals surface area (Å²) in [6.45, 7) is 5.81. The number of hydrogen-bond acceptors (Lipinski definition) is 5. The standard InChI is InChI=1S/C21H25NO5/c1-4-14-13-16(11-12-17(23)26-3)18(21(25)27-5-2)19(14)22-20(24)15-9-7-6-8-10-15/h4,6-12,14,16,18-19H,1,5,13H2,2-3H3,(H,22,24)/b12-11+/t14-,16+,18-,19+/m1/s1. The lowest BCUT2D eigenvalue weighted by Gasteiger charge is -2.24. The Hall–Kier alpha value is -2.89. The Bertz CT molecular complexity index is 713. The number of nitrogens with one attached hydrogen (secondary N) is 1. The molecule has 1 aromatic rings. The normalized spacial score (nSPS) is 24.4. The van der Waals surface area contributed by atoms with E-state index in [2.05, 4.69) is 16.6 Å². The summed E-state index contributed by atoms with van der Waals surface area (Å²) in [5.41, 5.74) is 0.511. The van der Waals surface area contributed by atoms with E-state index in [1.165, 1.54) is 13.2 Å². The van der Waals surface area contributed by atoms with Crippen molar-refractivity contribution in [2.45, 2.75) is 19.4 Å². The van der Waals surface area contributed by atoms with Crippen LogP contribution < -0.4 is 5.32 Å². The molecule has 1 aliphatic carbocycles. The summed E-state index contributed by atoms with van der Waals surface area (Å²) in [6.07, 6.45) is 5.26. The number of carbonyl (C=O) groups excluding carboxylic acids is 3. The van der Waals surface area contributed by atoms with Gasteiger partial charge in [-0.15, -0.1) is 6.58 Å². The van der Waals surface area contributed by atoms with Gasteiger partial charge in [0.25, 0.3) is 5.91 Å². The lowest BCUT2D eigenvalue weighted by molar-refractivity contribution is -0.149. The fourth-order valence-electron chi connectivity index (χ4n) is 3.43. The van der Waals surface area contributed by atoms with Crippen molar-refractivity contribution < 1.29 is 23.9 Å². The van der Waals surface area contributed by atoms with Gasteiger partial charge in [0.2, 0.25) is 0 Å². The van der Waals surface area contributed by atoms with E-state index >= 15 is 0 Å². The van der Waals surface area contributed by atoms with Gasteiger partial charge in [0.1, 0.15) is 0 Å². The molecule has 0 bridgehead atoms. The van der Waals surface area contributed by atoms with E-state index in [1.807, 2.05) is 6.07 Å². The molecule has 4 atom stereocenters. The van der Waals surface area contributed by atoms with Crippen LogP contribution in [0, 0.1) is 17.8 Å². The second kappa shape index (κ2) is 9.71. The van der Waals surface area contributed by atoms with Crippen molar-refractivity contribution in [1.29, 1.82) is 0 Å². The lowest BCUT2D eigenvalue weighted by atomic mass is 9.92. The number of hydrogen-bond donors (Lipinski definition) is 1. The highest BCUT2D eigenvalue weighted by atomic mass is 16.5. The van der Waals surface area contributed by atoms with Gasteiger partial charge < -0.3 is 14.8 Å². The second-order valence-corrected chi connectivity index (χ2v) is 6.32. The highest BCUT2D eigenvalue weighted by Gasteiger charge is 2.46. The van der Waals surface area contributed by atoms with E-state index in [0.29, 0.717) is 12.0 Å². The summed E-state index contributed by atoms with van der Waals surface area (Å²) in [5, 5.41) is 2.96. The molecule has 6 heteroatoms. The van der Waals surface area contributed by atoms with Gasteiger partial charge in [0.15, 0.2) is 0 Å². The summed E-state index contributed by atoms with van der Waals surface area (Å²) in [6, 6.07) is 8.33. The molecule has 144 valence electrons. The van der Waals surface area contributed by atoms with E-state index in [4.69, 9.17) is 4.74 Å². The lowest BCUT2D eigenvalue weighted by Crippen LogP contribution is -2.45. The van der Waals surface area contributed by atoms with E-state index < -0.39 is 23.9 Å². The Labute approximate surface area is 159 Å². The maximum Gasteiger partial charge on any atom is 0.330 e. The maximum atomic E-state index is 12.6. The van der Waals surface area contributed by atoms with E-state index in [9.17, 15) is 14.4 Å². The average Bonchev–Trinajstić information content (AvgIpc) is 3.04. The number of benzene rings is 1. The van der Waals surface area contributed by atoms with Crippen molar-refractivity contribution in [2.24, 2.45) is 17.8 Å². The Balaban J connectivity index is 2.28. The third-order valence-electron chi connectivity index (χ3n) is 4.73. The smallest absolute Gasteiger partial charge is 0.330 e. The van der Waals surface area contributed by atoms with Gasteiger partial charge in [0.05, 0.1) is 19.6 Å². The molecule has 0 unspecified atom stereocenters. The zero-order valence-electron chi connectivity index (χ0n) is 15.6. The molecular weight excluding hydrogens is 346 g/mol. The zero-order valence-corrected chi connectivity index (χ0v) is 15.6. The number of carbonyl (C=O) groups is 3. The van der Waals surface area contributed by atoms with Crippen LogP contribution in [0.5, 0.6) is 0 Å². The van der Waals surface area contributed by atoms with Crippen molar-refractivity contribution in [3.8, 4) is 0 Å². The first-order valence-corrected chi connectivity index (χ1v) is 8.93. The van der Waals surface area contributed by atoms with Crippen LogP contribution in [0.3, 0.4) is 0 Å². The molecule has 1 aliphatic rings. The van der Waals surface area contributed by atoms with Gasteiger partial charge in [-0.05, 0) is 37.3 Å². The average molecular weight is 371 g/mol. The van der Waals surface area contributed by atoms with Crippen LogP contribution in [0.25, 0.3) is 0 Å². The summed E-state index contributed by atoms with van der Waals surface area (Å²) >= 11 is 0. The molecule has 27 heavy (non-hydrogen) atoms. The summed E-state index contributed by atoms with van der Waals surface area (Å²) in [4.78, 5) is 36.7. The molecule has 0 radical (unpaired) electrons. The van der Waals surface area contributed by atoms with Gasteiger partial charge in [-0.25, -0.2) is 4.79 Å². The Morgan fingerprint density at radius 2 is 1.93 bits per heavy atom. The minimum atomic E-state index is -0.610. The number of ether oxygens (including phenoxy) is 2. The molecule has 1 amide bonds. The SMILES string of the molecule is C=C[C@@H]1C[C@H](/C=C/C(=O)OC)[C@@H](C(=O)OCC)[C@H]1NC(=O)c1ccccc1. The number of esters is 2. The Morgan fingerprint density at radius 1 is 1.22 bits per heavy atom. The minimum absolute atomic E-state index is 0.126. The molecule has 6 nitrogen and oxygen atoms in total. The topological polar surface area (TPSA) is 81.7 Å². The van der Waals surface area contributed by atoms with Crippen LogP contribution in [-0.4, -0.2) is 37.6 Å². The van der Waals surface area contributed by atoms with Crippen molar-refractivity contribution in [3.05, 3.63) is 60.7 Å². The van der Waals surface area contributed by atoms with Crippen LogP contribution in [0.1, 0.15) is 23.7 Å². The number of methoxy groups -OCH3 is 1. The molecular formula is C21H25NO5. The van der Waals surface area contributed by atoms with Crippen molar-refractivity contribution in [2.75, 3.05) is 13.7 Å². The summed E-state index contributed by atoms with van der Waals surface area (Å²) < 4.78 is 9.85. The van der Waals surface area contributed by atoms with Crippen LogP contribution in [0.4, 0.5) is 0 Å². The molecule has 0 aliphatic heterocycles. The Kier molecular flexibility index (Phi) is 7.34. The first-order valence-electron chi connectivity index (χ1n) is 8.93. The highest BCUT2D eigenvalue weighted by molar-refractivity contribution is 5.94. The van der Waals surface area contributed by atoms with Gasteiger partial charge in [0, 0.05) is 17.7 Å². The molecule has 2 rings (SSSR count). The molecule has 1 fully saturated rings. The van der Waals surface area contributed by atoms with Crippen LogP contribution in [-0.2, 0) is 19.1 Å². The molecule has 1 saturated carbocycles. The summed E-state index contributed by atoms with van der Waals surface area (Å²) in [7, 11) is 1.29. The number of rotatable bonds is 7. The molecule has 0 heterocycles. The van der Waals surface area contributed by atoms with Gasteiger partial charge in [-0.2, -0.15) is 0 Å². The third kappa shape index (κ3) is 5.06. The zero-order chi connectivity index (χ0) is 19.8. The monoisotopic (exact) mass is 371 g/mol. The maximum absolute atomic E-state index is 12.6. The van der Waals surface area contributed by atoms with E-state index in [-0.39, 0.29) is 24.3 Å². The summed E-state index contributed by atoms with van der Waals surface area (Å²) in [5.74, 6) is -2.17. The first kappa shape index (κ1) is 20.4. The van der Waals surface area contributed by atoms with Crippen molar-refractivity contribution >= 4 is 17.8 Å². The Morgan fingerprint density at radius 3 is 2.52 bits per heavy atom. The fourth-order valence-corrected chi connectivity index (χ4v) is 3.43. The largest absolute Gasteiger partial charge is 0.466 e. The number of amides is 1. The molecule has 0 aromatic heterocycles. The molecule has 1 N–H and O–H groups in total. The second-order valence-electron chi connectivity index (χ2n) is 6.32. The van der Waals surface area contributed by atoms with Crippen molar-refractivity contribution in [1.82, 2.24) is 5.32 Å². The highest BCUT2D eigenvalue weighted by Crippen LogP contribution is 2.39. The first-order chi connectivity index (χ1) is 13.0. The molecule has 0 saturated heterocycles. The predicted molar refractivity (Wildman–Crippen MR) is 101 cm³/mol. The molecule has 0 spiro atoms. The predicted octanol–water partition coefficient (Wildman–Crippen LogP) is 2.52. The van der Waals surface area contributed by atoms with E-state index in [0.717, 1.165) is 0 Å². The third-order valence-corrected chi connectivity index (χ3v) is 4.73. The van der Waals surface area contributed by atoms with E-state index in [1.54, 1.807) is 43.3 Å². The number of allylic oxidation sites excluding steroid dienone is 1. The van der Waals surface area contributed by atoms with Crippen LogP contribution in [0.2, 0.25) is 0 Å².